The Hall–Kier alpha value is -5.94. The number of quaternary nitrogens is 1. The van der Waals surface area contributed by atoms with E-state index in [9.17, 15) is 32.8 Å². The standard InChI is InChI=1S/C36H38F3N7O4.C6H6/c1-43-32(30-15-18-41-44(30)27-13-7-23(22-40)8-14-27)31(34(48)45(43)28-6-4-5-25(21-28)36(37,38)39)33(47)42-26-11-9-24(10-12-26)35(49)50-29-16-19-46(2,3)20-17-29;1-2-4-6-5-3-1/h4-8,13-15,18,21,24,26,29H,9-12,16-17,19-20H2,1-3H3;1-6H/p+1. The molecule has 1 amide bonds. The van der Waals surface area contributed by atoms with Crippen molar-refractivity contribution in [2.24, 2.45) is 13.0 Å². The third-order valence-corrected chi connectivity index (χ3v) is 10.5. The zero-order valence-corrected chi connectivity index (χ0v) is 31.6. The molecule has 1 saturated heterocycles. The predicted molar refractivity (Wildman–Crippen MR) is 204 cm³/mol. The maximum absolute atomic E-state index is 14.1. The number of ether oxygens (including phenoxy) is 1. The summed E-state index contributed by atoms with van der Waals surface area (Å²) in [6.07, 6.45) is 0.408. The van der Waals surface area contributed by atoms with E-state index in [-0.39, 0.29) is 41.0 Å². The van der Waals surface area contributed by atoms with E-state index in [2.05, 4.69) is 30.6 Å². The molecule has 1 N–H and O–H groups in total. The molecule has 5 aromatic rings. The first-order valence-electron chi connectivity index (χ1n) is 18.6. The number of nitriles is 1. The molecule has 11 nitrogen and oxygen atoms in total. The fourth-order valence-corrected chi connectivity index (χ4v) is 7.31. The van der Waals surface area contributed by atoms with Crippen molar-refractivity contribution in [3.63, 3.8) is 0 Å². The molecule has 0 radical (unpaired) electrons. The van der Waals surface area contributed by atoms with Gasteiger partial charge in [-0.05, 0) is 74.2 Å². The maximum Gasteiger partial charge on any atom is 0.416 e. The minimum Gasteiger partial charge on any atom is -0.462 e. The van der Waals surface area contributed by atoms with Crippen LogP contribution in [-0.2, 0) is 22.8 Å². The van der Waals surface area contributed by atoms with E-state index in [1.54, 1.807) is 30.3 Å². The largest absolute Gasteiger partial charge is 0.462 e. The van der Waals surface area contributed by atoms with Crippen LogP contribution >= 0.6 is 0 Å². The summed E-state index contributed by atoms with van der Waals surface area (Å²) in [5, 5.41) is 16.6. The molecule has 7 rings (SSSR count). The Balaban J connectivity index is 0.000000809. The van der Waals surface area contributed by atoms with Crippen LogP contribution in [0.5, 0.6) is 0 Å². The SMILES string of the molecule is Cn1c(-c2ccnn2-c2ccc(C#N)cc2)c(C(=O)NC2CCC(C(=O)OC3CC[N+](C)(C)CC3)CC2)c(=O)n1-c1cccc(C(F)(F)F)c1.c1ccccc1. The number of carbonyl (C=O) groups is 2. The van der Waals surface area contributed by atoms with Gasteiger partial charge in [-0.3, -0.25) is 19.1 Å². The number of aromatic nitrogens is 4. The zero-order chi connectivity index (χ0) is 40.0. The van der Waals surface area contributed by atoms with E-state index in [4.69, 9.17) is 4.74 Å². The Bertz CT molecular complexity index is 2210. The fourth-order valence-electron chi connectivity index (χ4n) is 7.31. The normalized spacial score (nSPS) is 18.2. The van der Waals surface area contributed by atoms with Gasteiger partial charge < -0.3 is 14.5 Å². The van der Waals surface area contributed by atoms with Crippen LogP contribution in [-0.4, -0.2) is 74.8 Å². The highest BCUT2D eigenvalue weighted by atomic mass is 19.4. The number of benzene rings is 3. The maximum atomic E-state index is 14.1. The van der Waals surface area contributed by atoms with Crippen molar-refractivity contribution in [3.8, 4) is 28.8 Å². The third kappa shape index (κ3) is 9.12. The van der Waals surface area contributed by atoms with Crippen LogP contribution in [0.15, 0.2) is 102 Å². The molecule has 292 valence electrons. The topological polar surface area (TPSA) is 124 Å². The number of hydrogen-bond acceptors (Lipinski definition) is 6. The van der Waals surface area contributed by atoms with Gasteiger partial charge in [-0.15, -0.1) is 0 Å². The molecule has 1 aliphatic heterocycles. The monoisotopic (exact) mass is 768 g/mol. The van der Waals surface area contributed by atoms with Gasteiger partial charge >= 0.3 is 12.1 Å². The summed E-state index contributed by atoms with van der Waals surface area (Å²) in [6.45, 7) is 1.89. The van der Waals surface area contributed by atoms with Crippen LogP contribution in [0.25, 0.3) is 22.8 Å². The van der Waals surface area contributed by atoms with E-state index >= 15 is 0 Å². The van der Waals surface area contributed by atoms with Crippen molar-refractivity contribution in [3.05, 3.63) is 124 Å². The quantitative estimate of drug-likeness (QED) is 0.146. The van der Waals surface area contributed by atoms with E-state index in [0.717, 1.165) is 47.2 Å². The number of hydrogen-bond donors (Lipinski definition) is 1. The third-order valence-electron chi connectivity index (χ3n) is 10.5. The Morgan fingerprint density at radius 1 is 0.875 bits per heavy atom. The van der Waals surface area contributed by atoms with Gasteiger partial charge in [0, 0.05) is 25.9 Å². The molecule has 0 spiro atoms. The summed E-state index contributed by atoms with van der Waals surface area (Å²) in [5.41, 5.74) is -0.655. The molecular formula is C42H45F3N7O4+. The summed E-state index contributed by atoms with van der Waals surface area (Å²) in [4.78, 5) is 41.2. The second-order valence-corrected chi connectivity index (χ2v) is 14.9. The van der Waals surface area contributed by atoms with Crippen LogP contribution < -0.4 is 10.9 Å². The van der Waals surface area contributed by atoms with Gasteiger partial charge in [0.15, 0.2) is 0 Å². The smallest absolute Gasteiger partial charge is 0.416 e. The summed E-state index contributed by atoms with van der Waals surface area (Å²) < 4.78 is 51.7. The summed E-state index contributed by atoms with van der Waals surface area (Å²) in [7, 11) is 5.82. The number of esters is 1. The van der Waals surface area contributed by atoms with Crippen molar-refractivity contribution in [2.45, 2.75) is 56.8 Å². The van der Waals surface area contributed by atoms with Crippen molar-refractivity contribution in [2.75, 3.05) is 27.2 Å². The Morgan fingerprint density at radius 3 is 2.09 bits per heavy atom. The number of carbonyl (C=O) groups excluding carboxylic acids is 2. The molecule has 0 bridgehead atoms. The Morgan fingerprint density at radius 2 is 1.50 bits per heavy atom. The van der Waals surface area contributed by atoms with Gasteiger partial charge in [0.05, 0.1) is 73.6 Å². The van der Waals surface area contributed by atoms with Gasteiger partial charge in [-0.25, -0.2) is 9.36 Å². The minimum atomic E-state index is -4.65. The molecule has 0 unspecified atom stereocenters. The van der Waals surface area contributed by atoms with Crippen LogP contribution in [0.4, 0.5) is 13.2 Å². The highest BCUT2D eigenvalue weighted by Crippen LogP contribution is 2.32. The number of amides is 1. The van der Waals surface area contributed by atoms with Gasteiger partial charge in [0.1, 0.15) is 17.4 Å². The van der Waals surface area contributed by atoms with Crippen LogP contribution in [0.3, 0.4) is 0 Å². The van der Waals surface area contributed by atoms with E-state index < -0.39 is 23.2 Å². The number of likely N-dealkylation sites (tertiary alicyclic amines) is 1. The number of halogens is 3. The van der Waals surface area contributed by atoms with Crippen molar-refractivity contribution in [1.82, 2.24) is 24.5 Å². The van der Waals surface area contributed by atoms with Gasteiger partial charge in [0.2, 0.25) is 0 Å². The lowest BCUT2D eigenvalue weighted by atomic mass is 9.86. The molecule has 2 aromatic heterocycles. The molecular weight excluding hydrogens is 724 g/mol. The zero-order valence-electron chi connectivity index (χ0n) is 31.6. The number of nitrogens with zero attached hydrogens (tertiary/aromatic N) is 6. The number of alkyl halides is 3. The van der Waals surface area contributed by atoms with Crippen LogP contribution in [0, 0.1) is 17.2 Å². The second-order valence-electron chi connectivity index (χ2n) is 14.9. The molecule has 1 saturated carbocycles. The summed E-state index contributed by atoms with van der Waals surface area (Å²) in [6, 6.07) is 26.2. The molecule has 2 aliphatic rings. The van der Waals surface area contributed by atoms with E-state index in [1.807, 2.05) is 36.4 Å². The summed E-state index contributed by atoms with van der Waals surface area (Å²) >= 11 is 0. The molecule has 0 atom stereocenters. The molecule has 3 heterocycles. The van der Waals surface area contributed by atoms with E-state index in [1.165, 1.54) is 34.7 Å². The van der Waals surface area contributed by atoms with Gasteiger partial charge in [0.25, 0.3) is 11.5 Å². The lowest BCUT2D eigenvalue weighted by molar-refractivity contribution is -0.896. The lowest BCUT2D eigenvalue weighted by Gasteiger charge is -2.37. The van der Waals surface area contributed by atoms with E-state index in [0.29, 0.717) is 42.6 Å². The second kappa shape index (κ2) is 16.8. The number of nitrogens with one attached hydrogen (secondary N) is 1. The molecule has 1 aliphatic carbocycles. The fraction of sp³-hybridized carbons (Fsp3) is 0.357. The van der Waals surface area contributed by atoms with Crippen molar-refractivity contribution < 1.29 is 32.0 Å². The predicted octanol–water partition coefficient (Wildman–Crippen LogP) is 6.68. The Labute approximate surface area is 323 Å². The first kappa shape index (κ1) is 39.7. The van der Waals surface area contributed by atoms with Crippen molar-refractivity contribution >= 4 is 11.9 Å². The average molecular weight is 769 g/mol. The van der Waals surface area contributed by atoms with Gasteiger partial charge in [-0.2, -0.15) is 23.5 Å². The van der Waals surface area contributed by atoms with Gasteiger partial charge in [-0.1, -0.05) is 42.5 Å². The number of piperidine rings is 1. The molecule has 2 fully saturated rings. The van der Waals surface area contributed by atoms with Crippen molar-refractivity contribution in [1.29, 1.82) is 5.26 Å². The first-order chi connectivity index (χ1) is 26.8. The number of rotatable bonds is 7. The summed E-state index contributed by atoms with van der Waals surface area (Å²) in [5.74, 6) is -1.18. The Kier molecular flexibility index (Phi) is 11.9. The molecule has 56 heavy (non-hydrogen) atoms. The minimum absolute atomic E-state index is 0.0726. The van der Waals surface area contributed by atoms with Crippen LogP contribution in [0.1, 0.15) is 60.0 Å². The highest BCUT2D eigenvalue weighted by molar-refractivity contribution is 6.00. The average Bonchev–Trinajstić information content (AvgIpc) is 3.78. The molecule has 3 aromatic carbocycles. The van der Waals surface area contributed by atoms with Crippen LogP contribution in [0.2, 0.25) is 0 Å². The highest BCUT2D eigenvalue weighted by Gasteiger charge is 2.35. The first-order valence-corrected chi connectivity index (χ1v) is 18.6. The molecule has 14 heteroatoms. The lowest BCUT2D eigenvalue weighted by Crippen LogP contribution is -2.48.